The molecule has 0 spiro atoms. The van der Waals surface area contributed by atoms with E-state index >= 15 is 0 Å². The molecule has 0 aliphatic rings. The normalized spacial score (nSPS) is 10.4. The Morgan fingerprint density at radius 3 is 3.00 bits per heavy atom. The Labute approximate surface area is 115 Å². The molecular weight excluding hydrogens is 322 g/mol. The molecular formula is C11H8BrNO2S2. The van der Waals surface area contributed by atoms with Gasteiger partial charge in [-0.2, -0.15) is 0 Å². The van der Waals surface area contributed by atoms with Crippen molar-refractivity contribution in [2.45, 2.75) is 10.6 Å². The number of rotatable bonds is 4. The number of halogens is 1. The highest BCUT2D eigenvalue weighted by Gasteiger charge is 2.11. The Kier molecular flexibility index (Phi) is 4.20. The van der Waals surface area contributed by atoms with E-state index in [1.807, 2.05) is 11.4 Å². The van der Waals surface area contributed by atoms with Crippen molar-refractivity contribution in [3.63, 3.8) is 0 Å². The second-order valence-corrected chi connectivity index (χ2v) is 6.07. The van der Waals surface area contributed by atoms with Gasteiger partial charge in [-0.05, 0) is 18.2 Å². The van der Waals surface area contributed by atoms with Crippen molar-refractivity contribution < 1.29 is 9.90 Å². The minimum absolute atomic E-state index is 0.328. The highest BCUT2D eigenvalue weighted by atomic mass is 79.9. The maximum Gasteiger partial charge on any atom is 0.336 e. The molecule has 0 atom stereocenters. The summed E-state index contributed by atoms with van der Waals surface area (Å²) < 4.78 is 0.879. The third kappa shape index (κ3) is 3.31. The molecule has 2 aromatic rings. The smallest absolute Gasteiger partial charge is 0.336 e. The molecule has 1 aromatic heterocycles. The van der Waals surface area contributed by atoms with Crippen LogP contribution in [0.1, 0.15) is 15.4 Å². The van der Waals surface area contributed by atoms with Crippen molar-refractivity contribution in [1.82, 2.24) is 4.98 Å². The summed E-state index contributed by atoms with van der Waals surface area (Å²) in [5.41, 5.74) is 0.328. The van der Waals surface area contributed by atoms with E-state index in [9.17, 15) is 4.79 Å². The molecule has 88 valence electrons. The average molecular weight is 330 g/mol. The summed E-state index contributed by atoms with van der Waals surface area (Å²) in [5.74, 6) is -0.215. The van der Waals surface area contributed by atoms with E-state index in [2.05, 4.69) is 20.9 Å². The van der Waals surface area contributed by atoms with Crippen molar-refractivity contribution in [3.8, 4) is 0 Å². The van der Waals surface area contributed by atoms with Gasteiger partial charge in [0.25, 0.3) is 0 Å². The zero-order valence-electron chi connectivity index (χ0n) is 8.59. The lowest BCUT2D eigenvalue weighted by atomic mass is 10.2. The molecule has 1 N–H and O–H groups in total. The van der Waals surface area contributed by atoms with E-state index in [0.717, 1.165) is 14.4 Å². The van der Waals surface area contributed by atoms with Gasteiger partial charge in [-0.3, -0.25) is 0 Å². The number of thiazole rings is 1. The maximum absolute atomic E-state index is 11.1. The highest BCUT2D eigenvalue weighted by Crippen LogP contribution is 2.29. The number of hydrogen-bond acceptors (Lipinski definition) is 4. The van der Waals surface area contributed by atoms with Gasteiger partial charge in [0.1, 0.15) is 5.01 Å². The van der Waals surface area contributed by atoms with E-state index in [1.165, 1.54) is 11.8 Å². The first-order valence-electron chi connectivity index (χ1n) is 4.71. The molecule has 1 aromatic carbocycles. The summed E-state index contributed by atoms with van der Waals surface area (Å²) in [7, 11) is 0. The van der Waals surface area contributed by atoms with E-state index in [-0.39, 0.29) is 0 Å². The van der Waals surface area contributed by atoms with E-state index < -0.39 is 5.97 Å². The molecule has 0 radical (unpaired) electrons. The Bertz CT molecular complexity index is 528. The Morgan fingerprint density at radius 2 is 2.35 bits per heavy atom. The highest BCUT2D eigenvalue weighted by molar-refractivity contribution is 9.10. The summed E-state index contributed by atoms with van der Waals surface area (Å²) in [6.45, 7) is 0. The largest absolute Gasteiger partial charge is 0.478 e. The molecule has 1 heterocycles. The van der Waals surface area contributed by atoms with Crippen LogP contribution in [0.3, 0.4) is 0 Å². The number of benzene rings is 1. The number of thioether (sulfide) groups is 1. The monoisotopic (exact) mass is 329 g/mol. The average Bonchev–Trinajstić information content (AvgIpc) is 2.78. The van der Waals surface area contributed by atoms with Gasteiger partial charge < -0.3 is 5.11 Å². The van der Waals surface area contributed by atoms with Crippen LogP contribution in [0.4, 0.5) is 0 Å². The molecule has 0 amide bonds. The summed E-state index contributed by atoms with van der Waals surface area (Å²) in [6.07, 6.45) is 1.75. The number of carbonyl (C=O) groups is 1. The number of carboxylic acid groups (broad SMARTS) is 1. The number of hydrogen-bond donors (Lipinski definition) is 1. The van der Waals surface area contributed by atoms with Crippen molar-refractivity contribution in [1.29, 1.82) is 0 Å². The first-order valence-corrected chi connectivity index (χ1v) is 7.36. The zero-order valence-corrected chi connectivity index (χ0v) is 11.8. The second kappa shape index (κ2) is 5.66. The van der Waals surface area contributed by atoms with Crippen molar-refractivity contribution in [3.05, 3.63) is 44.8 Å². The molecule has 0 fully saturated rings. The van der Waals surface area contributed by atoms with Gasteiger partial charge in [-0.15, -0.1) is 23.1 Å². The lowest BCUT2D eigenvalue weighted by Gasteiger charge is -2.05. The Hall–Kier alpha value is -0.850. The van der Waals surface area contributed by atoms with Crippen LogP contribution in [0.2, 0.25) is 0 Å². The fourth-order valence-corrected chi connectivity index (χ4v) is 3.49. The number of carboxylic acids is 1. The SMILES string of the molecule is O=C(O)c1ccc(Br)cc1SCc1nccs1. The van der Waals surface area contributed by atoms with Gasteiger partial charge in [-0.1, -0.05) is 15.9 Å². The summed E-state index contributed by atoms with van der Waals surface area (Å²) >= 11 is 6.40. The van der Waals surface area contributed by atoms with Crippen LogP contribution in [0, 0.1) is 0 Å². The van der Waals surface area contributed by atoms with Crippen molar-refractivity contribution >= 4 is 45.0 Å². The van der Waals surface area contributed by atoms with Crippen LogP contribution in [-0.2, 0) is 5.75 Å². The number of nitrogens with zero attached hydrogens (tertiary/aromatic N) is 1. The number of aromatic nitrogens is 1. The molecule has 0 unspecified atom stereocenters. The predicted molar refractivity (Wildman–Crippen MR) is 72.8 cm³/mol. The molecule has 6 heteroatoms. The van der Waals surface area contributed by atoms with Crippen LogP contribution >= 0.6 is 39.0 Å². The second-order valence-electron chi connectivity index (χ2n) is 3.16. The van der Waals surface area contributed by atoms with Crippen LogP contribution in [0.5, 0.6) is 0 Å². The van der Waals surface area contributed by atoms with Gasteiger partial charge >= 0.3 is 5.97 Å². The summed E-state index contributed by atoms with van der Waals surface area (Å²) in [6, 6.07) is 5.16. The maximum atomic E-state index is 11.1. The van der Waals surface area contributed by atoms with Gasteiger partial charge in [-0.25, -0.2) is 9.78 Å². The van der Waals surface area contributed by atoms with Crippen LogP contribution < -0.4 is 0 Å². The van der Waals surface area contributed by atoms with Crippen molar-refractivity contribution in [2.24, 2.45) is 0 Å². The quantitative estimate of drug-likeness (QED) is 0.864. The third-order valence-corrected chi connectivity index (χ3v) is 4.53. The standard InChI is InChI=1S/C11H8BrNO2S2/c12-7-1-2-8(11(14)15)9(5-7)17-6-10-13-3-4-16-10/h1-5H,6H2,(H,14,15). The third-order valence-electron chi connectivity index (χ3n) is 2.01. The molecule has 0 aliphatic heterocycles. The van der Waals surface area contributed by atoms with Gasteiger partial charge in [0, 0.05) is 20.9 Å². The van der Waals surface area contributed by atoms with Gasteiger partial charge in [0.05, 0.1) is 11.3 Å². The first kappa shape index (κ1) is 12.6. The molecule has 0 aliphatic carbocycles. The summed E-state index contributed by atoms with van der Waals surface area (Å²) in [5, 5.41) is 12.0. The number of aromatic carboxylic acids is 1. The lowest BCUT2D eigenvalue weighted by molar-refractivity contribution is 0.0693. The Balaban J connectivity index is 2.19. The topological polar surface area (TPSA) is 50.2 Å². The minimum atomic E-state index is -0.904. The zero-order chi connectivity index (χ0) is 12.3. The van der Waals surface area contributed by atoms with Gasteiger partial charge in [0.15, 0.2) is 0 Å². The predicted octanol–water partition coefficient (Wildman–Crippen LogP) is 3.90. The fraction of sp³-hybridized carbons (Fsp3) is 0.0909. The van der Waals surface area contributed by atoms with Gasteiger partial charge in [0.2, 0.25) is 0 Å². The Morgan fingerprint density at radius 1 is 1.53 bits per heavy atom. The molecule has 0 bridgehead atoms. The fourth-order valence-electron chi connectivity index (χ4n) is 1.26. The van der Waals surface area contributed by atoms with Crippen LogP contribution in [0.25, 0.3) is 0 Å². The minimum Gasteiger partial charge on any atom is -0.478 e. The van der Waals surface area contributed by atoms with E-state index in [4.69, 9.17) is 5.11 Å². The molecule has 17 heavy (non-hydrogen) atoms. The summed E-state index contributed by atoms with van der Waals surface area (Å²) in [4.78, 5) is 16.0. The molecule has 0 saturated carbocycles. The lowest BCUT2D eigenvalue weighted by Crippen LogP contribution is -1.98. The first-order chi connectivity index (χ1) is 8.16. The molecule has 2 rings (SSSR count). The van der Waals surface area contributed by atoms with Crippen molar-refractivity contribution in [2.75, 3.05) is 0 Å². The van der Waals surface area contributed by atoms with Crippen LogP contribution in [-0.4, -0.2) is 16.1 Å². The molecule has 0 saturated heterocycles. The van der Waals surface area contributed by atoms with E-state index in [0.29, 0.717) is 11.3 Å². The van der Waals surface area contributed by atoms with Crippen LogP contribution in [0.15, 0.2) is 39.1 Å². The van der Waals surface area contributed by atoms with E-state index in [1.54, 1.807) is 29.7 Å². The molecule has 3 nitrogen and oxygen atoms in total.